The summed E-state index contributed by atoms with van der Waals surface area (Å²) in [5.74, 6) is 0. The Morgan fingerprint density at radius 3 is 2.43 bits per heavy atom. The lowest BCUT2D eigenvalue weighted by Gasteiger charge is -2.37. The van der Waals surface area contributed by atoms with Crippen LogP contribution in [0, 0.1) is 5.41 Å². The smallest absolute Gasteiger partial charge is 0.0105 e. The van der Waals surface area contributed by atoms with Crippen molar-refractivity contribution in [3.8, 4) is 0 Å². The van der Waals surface area contributed by atoms with E-state index < -0.39 is 0 Å². The fourth-order valence-corrected chi connectivity index (χ4v) is 2.90. The lowest BCUT2D eigenvalue weighted by atomic mass is 9.78. The standard InChI is InChI=1S/C11H23N3/c1-13-6-2-11(3-7-13)4-8-14(10-11)9-5-12/h2-10,12H2,1H3. The van der Waals surface area contributed by atoms with Crippen LogP contribution in [0.5, 0.6) is 0 Å². The quantitative estimate of drug-likeness (QED) is 0.694. The molecule has 2 heterocycles. The average Bonchev–Trinajstić information content (AvgIpc) is 2.56. The van der Waals surface area contributed by atoms with E-state index in [0.717, 1.165) is 13.1 Å². The molecule has 14 heavy (non-hydrogen) atoms. The van der Waals surface area contributed by atoms with E-state index in [0.29, 0.717) is 5.41 Å². The normalized spacial score (nSPS) is 28.7. The summed E-state index contributed by atoms with van der Waals surface area (Å²) in [4.78, 5) is 5.00. The van der Waals surface area contributed by atoms with Crippen molar-refractivity contribution < 1.29 is 0 Å². The van der Waals surface area contributed by atoms with E-state index in [1.807, 2.05) is 0 Å². The summed E-state index contributed by atoms with van der Waals surface area (Å²) in [5, 5.41) is 0. The van der Waals surface area contributed by atoms with Crippen molar-refractivity contribution in [1.82, 2.24) is 9.80 Å². The molecule has 2 N–H and O–H groups in total. The second-order valence-electron chi connectivity index (χ2n) is 5.12. The van der Waals surface area contributed by atoms with Crippen LogP contribution in [0.4, 0.5) is 0 Å². The molecule has 0 saturated carbocycles. The van der Waals surface area contributed by atoms with Crippen molar-refractivity contribution >= 4 is 0 Å². The van der Waals surface area contributed by atoms with Crippen LogP contribution < -0.4 is 5.73 Å². The molecule has 82 valence electrons. The molecule has 0 aromatic heterocycles. The first-order chi connectivity index (χ1) is 6.74. The molecule has 2 aliphatic rings. The minimum absolute atomic E-state index is 0.654. The Labute approximate surface area is 87.2 Å². The van der Waals surface area contributed by atoms with Crippen LogP contribution in [0.25, 0.3) is 0 Å². The molecular weight excluding hydrogens is 174 g/mol. The molecular formula is C11H23N3. The van der Waals surface area contributed by atoms with Crippen molar-refractivity contribution in [2.75, 3.05) is 46.3 Å². The Balaban J connectivity index is 1.86. The highest BCUT2D eigenvalue weighted by Crippen LogP contribution is 2.39. The molecule has 2 aliphatic heterocycles. The van der Waals surface area contributed by atoms with Gasteiger partial charge in [-0.1, -0.05) is 0 Å². The molecule has 0 amide bonds. The molecule has 2 saturated heterocycles. The van der Waals surface area contributed by atoms with Gasteiger partial charge in [0.15, 0.2) is 0 Å². The number of nitrogens with zero attached hydrogens (tertiary/aromatic N) is 2. The molecule has 0 bridgehead atoms. The third-order valence-electron chi connectivity index (χ3n) is 4.01. The molecule has 0 radical (unpaired) electrons. The first-order valence-electron chi connectivity index (χ1n) is 5.85. The fourth-order valence-electron chi connectivity index (χ4n) is 2.90. The van der Waals surface area contributed by atoms with Gasteiger partial charge in [-0.3, -0.25) is 0 Å². The molecule has 0 unspecified atom stereocenters. The largest absolute Gasteiger partial charge is 0.329 e. The van der Waals surface area contributed by atoms with Gasteiger partial charge in [0.2, 0.25) is 0 Å². The Kier molecular flexibility index (Phi) is 3.10. The number of likely N-dealkylation sites (tertiary alicyclic amines) is 2. The Bertz CT molecular complexity index is 185. The zero-order valence-corrected chi connectivity index (χ0v) is 9.34. The second-order valence-corrected chi connectivity index (χ2v) is 5.12. The van der Waals surface area contributed by atoms with Crippen LogP contribution in [0.3, 0.4) is 0 Å². The first-order valence-corrected chi connectivity index (χ1v) is 5.85. The molecule has 3 heteroatoms. The highest BCUT2D eigenvalue weighted by molar-refractivity contribution is 4.93. The van der Waals surface area contributed by atoms with Crippen LogP contribution in [0.1, 0.15) is 19.3 Å². The van der Waals surface area contributed by atoms with Gasteiger partial charge in [-0.05, 0) is 51.4 Å². The first kappa shape index (κ1) is 10.4. The lowest BCUT2D eigenvalue weighted by molar-refractivity contribution is 0.126. The summed E-state index contributed by atoms with van der Waals surface area (Å²) < 4.78 is 0. The van der Waals surface area contributed by atoms with Gasteiger partial charge in [0, 0.05) is 19.6 Å². The maximum atomic E-state index is 5.60. The van der Waals surface area contributed by atoms with Gasteiger partial charge in [0.25, 0.3) is 0 Å². The van der Waals surface area contributed by atoms with Crippen LogP contribution in [-0.2, 0) is 0 Å². The SMILES string of the molecule is CN1CCC2(CC1)CCN(CCN)C2. The zero-order valence-electron chi connectivity index (χ0n) is 9.34. The van der Waals surface area contributed by atoms with Gasteiger partial charge in [0.1, 0.15) is 0 Å². The molecule has 0 atom stereocenters. The maximum absolute atomic E-state index is 5.60. The molecule has 0 aromatic carbocycles. The highest BCUT2D eigenvalue weighted by Gasteiger charge is 2.39. The van der Waals surface area contributed by atoms with Crippen molar-refractivity contribution in [3.63, 3.8) is 0 Å². The minimum atomic E-state index is 0.654. The van der Waals surface area contributed by atoms with Gasteiger partial charge < -0.3 is 15.5 Å². The van der Waals surface area contributed by atoms with Crippen LogP contribution in [-0.4, -0.2) is 56.1 Å². The number of hydrogen-bond donors (Lipinski definition) is 1. The van der Waals surface area contributed by atoms with E-state index in [9.17, 15) is 0 Å². The Morgan fingerprint density at radius 1 is 1.14 bits per heavy atom. The van der Waals surface area contributed by atoms with Crippen LogP contribution in [0.2, 0.25) is 0 Å². The summed E-state index contributed by atoms with van der Waals surface area (Å²) in [6, 6.07) is 0. The Hall–Kier alpha value is -0.120. The minimum Gasteiger partial charge on any atom is -0.329 e. The summed E-state index contributed by atoms with van der Waals surface area (Å²) in [6.07, 6.45) is 4.19. The second kappa shape index (κ2) is 4.17. The van der Waals surface area contributed by atoms with Gasteiger partial charge in [-0.25, -0.2) is 0 Å². The summed E-state index contributed by atoms with van der Waals surface area (Å²) in [7, 11) is 2.24. The van der Waals surface area contributed by atoms with Gasteiger partial charge in [0.05, 0.1) is 0 Å². The van der Waals surface area contributed by atoms with Gasteiger partial charge in [-0.15, -0.1) is 0 Å². The maximum Gasteiger partial charge on any atom is 0.0105 e. The van der Waals surface area contributed by atoms with Crippen molar-refractivity contribution in [3.05, 3.63) is 0 Å². The number of rotatable bonds is 2. The third-order valence-corrected chi connectivity index (χ3v) is 4.01. The molecule has 0 aliphatic carbocycles. The van der Waals surface area contributed by atoms with Crippen LogP contribution in [0.15, 0.2) is 0 Å². The summed E-state index contributed by atoms with van der Waals surface area (Å²) in [6.45, 7) is 7.07. The predicted molar refractivity (Wildman–Crippen MR) is 59.3 cm³/mol. The number of nitrogens with two attached hydrogens (primary N) is 1. The molecule has 2 rings (SSSR count). The van der Waals surface area contributed by atoms with E-state index in [-0.39, 0.29) is 0 Å². The van der Waals surface area contributed by atoms with E-state index in [1.165, 1.54) is 45.4 Å². The number of hydrogen-bond acceptors (Lipinski definition) is 3. The zero-order chi connectivity index (χ0) is 10.0. The van der Waals surface area contributed by atoms with Gasteiger partial charge >= 0.3 is 0 Å². The van der Waals surface area contributed by atoms with E-state index in [4.69, 9.17) is 5.73 Å². The third kappa shape index (κ3) is 2.10. The number of piperidine rings is 1. The van der Waals surface area contributed by atoms with Crippen molar-refractivity contribution in [1.29, 1.82) is 0 Å². The summed E-state index contributed by atoms with van der Waals surface area (Å²) in [5.41, 5.74) is 6.25. The highest BCUT2D eigenvalue weighted by atomic mass is 15.2. The monoisotopic (exact) mass is 197 g/mol. The molecule has 1 spiro atoms. The van der Waals surface area contributed by atoms with E-state index in [2.05, 4.69) is 16.8 Å². The lowest BCUT2D eigenvalue weighted by Crippen LogP contribution is -2.40. The predicted octanol–water partition coefficient (Wildman–Crippen LogP) is 0.363. The van der Waals surface area contributed by atoms with Crippen molar-refractivity contribution in [2.45, 2.75) is 19.3 Å². The Morgan fingerprint density at radius 2 is 1.79 bits per heavy atom. The molecule has 2 fully saturated rings. The summed E-state index contributed by atoms with van der Waals surface area (Å²) >= 11 is 0. The molecule has 3 nitrogen and oxygen atoms in total. The van der Waals surface area contributed by atoms with Crippen molar-refractivity contribution in [2.24, 2.45) is 11.1 Å². The van der Waals surface area contributed by atoms with E-state index >= 15 is 0 Å². The topological polar surface area (TPSA) is 32.5 Å². The molecule has 0 aromatic rings. The van der Waals surface area contributed by atoms with E-state index in [1.54, 1.807) is 0 Å². The fraction of sp³-hybridized carbons (Fsp3) is 1.00. The van der Waals surface area contributed by atoms with Gasteiger partial charge in [-0.2, -0.15) is 0 Å². The van der Waals surface area contributed by atoms with Crippen LogP contribution >= 0.6 is 0 Å². The average molecular weight is 197 g/mol.